The van der Waals surface area contributed by atoms with E-state index in [-0.39, 0.29) is 23.7 Å². The van der Waals surface area contributed by atoms with Gasteiger partial charge in [0.25, 0.3) is 0 Å². The highest BCUT2D eigenvalue weighted by Gasteiger charge is 2.29. The van der Waals surface area contributed by atoms with Gasteiger partial charge in [0.2, 0.25) is 11.7 Å². The number of rotatable bonds is 6. The summed E-state index contributed by atoms with van der Waals surface area (Å²) in [7, 11) is 0. The van der Waals surface area contributed by atoms with Gasteiger partial charge in [-0.05, 0) is 29.8 Å². The van der Waals surface area contributed by atoms with Gasteiger partial charge in [-0.25, -0.2) is 4.39 Å². The molecular weight excluding hydrogens is 395 g/mol. The van der Waals surface area contributed by atoms with Gasteiger partial charge in [0.05, 0.1) is 5.70 Å². The van der Waals surface area contributed by atoms with Gasteiger partial charge in [0.1, 0.15) is 11.9 Å². The van der Waals surface area contributed by atoms with Crippen molar-refractivity contribution >= 4 is 23.2 Å². The van der Waals surface area contributed by atoms with Crippen molar-refractivity contribution in [3.63, 3.8) is 0 Å². The summed E-state index contributed by atoms with van der Waals surface area (Å²) >= 11 is 0. The fraction of sp³-hybridized carbons (Fsp3) is 0.0800. The number of amides is 1. The van der Waals surface area contributed by atoms with E-state index in [2.05, 4.69) is 10.6 Å². The fourth-order valence-corrected chi connectivity index (χ4v) is 3.43. The lowest BCUT2D eigenvalue weighted by molar-refractivity contribution is -0.117. The Morgan fingerprint density at radius 3 is 2.19 bits per heavy atom. The number of carbonyl (C=O) groups is 3. The van der Waals surface area contributed by atoms with Gasteiger partial charge in [-0.2, -0.15) is 0 Å². The van der Waals surface area contributed by atoms with Gasteiger partial charge in [-0.3, -0.25) is 14.4 Å². The first-order valence-corrected chi connectivity index (χ1v) is 9.78. The SMILES string of the molecule is O=C1C=C(NC(Cc2ccccc2)C(=O)Nc2ccc(F)cc2)C(=O)c2ccccc21. The third-order valence-electron chi connectivity index (χ3n) is 5.00. The van der Waals surface area contributed by atoms with E-state index in [9.17, 15) is 18.8 Å². The van der Waals surface area contributed by atoms with Crippen molar-refractivity contribution in [1.29, 1.82) is 0 Å². The third-order valence-corrected chi connectivity index (χ3v) is 5.00. The van der Waals surface area contributed by atoms with Crippen LogP contribution in [0.5, 0.6) is 0 Å². The molecule has 0 saturated heterocycles. The zero-order chi connectivity index (χ0) is 21.8. The molecule has 0 fully saturated rings. The maximum Gasteiger partial charge on any atom is 0.247 e. The van der Waals surface area contributed by atoms with Crippen molar-refractivity contribution < 1.29 is 18.8 Å². The van der Waals surface area contributed by atoms with Crippen LogP contribution in [-0.4, -0.2) is 23.5 Å². The number of allylic oxidation sites excluding steroid dienone is 2. The number of Topliss-reactive ketones (excluding diaryl/α,β-unsaturated/α-hetero) is 1. The minimum absolute atomic E-state index is 0.0684. The molecule has 3 aromatic rings. The molecule has 1 aliphatic rings. The second-order valence-corrected chi connectivity index (χ2v) is 7.18. The molecule has 0 radical (unpaired) electrons. The third kappa shape index (κ3) is 4.59. The molecule has 0 aliphatic heterocycles. The van der Waals surface area contributed by atoms with Crippen molar-refractivity contribution in [1.82, 2.24) is 5.32 Å². The minimum atomic E-state index is -0.833. The summed E-state index contributed by atoms with van der Waals surface area (Å²) in [6, 6.07) is 20.5. The lowest BCUT2D eigenvalue weighted by Crippen LogP contribution is -2.44. The molecule has 2 N–H and O–H groups in total. The number of halogens is 1. The normalized spacial score (nSPS) is 13.8. The Hall–Kier alpha value is -4.06. The molecule has 0 spiro atoms. The lowest BCUT2D eigenvalue weighted by atomic mass is 9.92. The van der Waals surface area contributed by atoms with Crippen LogP contribution in [0.3, 0.4) is 0 Å². The molecule has 0 saturated carbocycles. The first kappa shape index (κ1) is 20.2. The van der Waals surface area contributed by atoms with Crippen LogP contribution < -0.4 is 10.6 Å². The largest absolute Gasteiger partial charge is 0.370 e. The van der Waals surface area contributed by atoms with E-state index in [4.69, 9.17) is 0 Å². The molecule has 0 bridgehead atoms. The molecule has 1 unspecified atom stereocenters. The maximum atomic E-state index is 13.2. The van der Waals surface area contributed by atoms with Gasteiger partial charge in [-0.15, -0.1) is 0 Å². The highest BCUT2D eigenvalue weighted by Crippen LogP contribution is 2.21. The standard InChI is InChI=1S/C25H19FN2O3/c26-17-10-12-18(13-11-17)27-25(31)22(14-16-6-2-1-3-7-16)28-21-15-23(29)19-8-4-5-9-20(19)24(21)30/h1-13,15,22,28H,14H2,(H,27,31). The van der Waals surface area contributed by atoms with Gasteiger partial charge >= 0.3 is 0 Å². The number of hydrogen-bond acceptors (Lipinski definition) is 4. The van der Waals surface area contributed by atoms with Crippen LogP contribution in [0.4, 0.5) is 10.1 Å². The molecule has 1 amide bonds. The monoisotopic (exact) mass is 414 g/mol. The quantitative estimate of drug-likeness (QED) is 0.641. The number of fused-ring (bicyclic) bond motifs is 1. The molecule has 31 heavy (non-hydrogen) atoms. The zero-order valence-electron chi connectivity index (χ0n) is 16.5. The molecule has 1 aliphatic carbocycles. The average Bonchev–Trinajstić information content (AvgIpc) is 2.79. The summed E-state index contributed by atoms with van der Waals surface area (Å²) in [5.74, 6) is -1.46. The Balaban J connectivity index is 1.60. The van der Waals surface area contributed by atoms with Crippen molar-refractivity contribution in [2.24, 2.45) is 0 Å². The number of ketones is 2. The Morgan fingerprint density at radius 2 is 1.48 bits per heavy atom. The number of anilines is 1. The summed E-state index contributed by atoms with van der Waals surface area (Å²) in [4.78, 5) is 38.4. The Morgan fingerprint density at radius 1 is 0.839 bits per heavy atom. The molecule has 0 heterocycles. The maximum absolute atomic E-state index is 13.2. The smallest absolute Gasteiger partial charge is 0.247 e. The number of hydrogen-bond donors (Lipinski definition) is 2. The van der Waals surface area contributed by atoms with E-state index in [1.165, 1.54) is 30.3 Å². The van der Waals surface area contributed by atoms with E-state index in [1.807, 2.05) is 30.3 Å². The first-order chi connectivity index (χ1) is 15.0. The molecular formula is C25H19FN2O3. The molecule has 0 aromatic heterocycles. The molecule has 3 aromatic carbocycles. The van der Waals surface area contributed by atoms with Crippen molar-refractivity contribution in [2.45, 2.75) is 12.5 Å². The first-order valence-electron chi connectivity index (χ1n) is 9.78. The van der Waals surface area contributed by atoms with E-state index < -0.39 is 17.8 Å². The Kier molecular flexibility index (Phi) is 5.71. The van der Waals surface area contributed by atoms with Gasteiger partial charge in [0, 0.05) is 29.3 Å². The van der Waals surface area contributed by atoms with E-state index in [1.54, 1.807) is 24.3 Å². The second-order valence-electron chi connectivity index (χ2n) is 7.18. The van der Waals surface area contributed by atoms with Crippen LogP contribution >= 0.6 is 0 Å². The number of benzene rings is 3. The van der Waals surface area contributed by atoms with Gasteiger partial charge < -0.3 is 10.6 Å². The fourth-order valence-electron chi connectivity index (χ4n) is 3.43. The zero-order valence-corrected chi connectivity index (χ0v) is 16.5. The molecule has 1 atom stereocenters. The molecule has 154 valence electrons. The topological polar surface area (TPSA) is 75.3 Å². The van der Waals surface area contributed by atoms with Crippen molar-refractivity contribution in [3.8, 4) is 0 Å². The van der Waals surface area contributed by atoms with Crippen molar-refractivity contribution in [3.05, 3.63) is 113 Å². The highest BCUT2D eigenvalue weighted by atomic mass is 19.1. The predicted molar refractivity (Wildman–Crippen MR) is 115 cm³/mol. The van der Waals surface area contributed by atoms with Crippen molar-refractivity contribution in [2.75, 3.05) is 5.32 Å². The van der Waals surface area contributed by atoms with Crippen LogP contribution in [-0.2, 0) is 11.2 Å². The van der Waals surface area contributed by atoms with Gasteiger partial charge in [0.15, 0.2) is 5.78 Å². The van der Waals surface area contributed by atoms with Crippen LogP contribution in [0.15, 0.2) is 90.6 Å². The Bertz CT molecular complexity index is 1170. The second kappa shape index (κ2) is 8.75. The van der Waals surface area contributed by atoms with Crippen LogP contribution in [0, 0.1) is 5.82 Å². The number of nitrogens with one attached hydrogen (secondary N) is 2. The Labute approximate surface area is 178 Å². The van der Waals surface area contributed by atoms with Gasteiger partial charge in [-0.1, -0.05) is 54.6 Å². The number of carbonyl (C=O) groups excluding carboxylic acids is 3. The molecule has 6 heteroatoms. The van der Waals surface area contributed by atoms with E-state index >= 15 is 0 Å². The predicted octanol–water partition coefficient (Wildman–Crippen LogP) is 3.93. The van der Waals surface area contributed by atoms with Crippen LogP contribution in [0.1, 0.15) is 26.3 Å². The van der Waals surface area contributed by atoms with Crippen LogP contribution in [0.2, 0.25) is 0 Å². The molecule has 5 nitrogen and oxygen atoms in total. The molecule has 4 rings (SSSR count). The summed E-state index contributed by atoms with van der Waals surface area (Å²) < 4.78 is 13.2. The van der Waals surface area contributed by atoms with Crippen LogP contribution in [0.25, 0.3) is 0 Å². The summed E-state index contributed by atoms with van der Waals surface area (Å²) in [5, 5.41) is 5.69. The lowest BCUT2D eigenvalue weighted by Gasteiger charge is -2.23. The average molecular weight is 414 g/mol. The highest BCUT2D eigenvalue weighted by molar-refractivity contribution is 6.24. The minimum Gasteiger partial charge on any atom is -0.370 e. The van der Waals surface area contributed by atoms with E-state index in [0.29, 0.717) is 16.8 Å². The summed E-state index contributed by atoms with van der Waals surface area (Å²) in [6.07, 6.45) is 1.52. The summed E-state index contributed by atoms with van der Waals surface area (Å²) in [5.41, 5.74) is 2.02. The summed E-state index contributed by atoms with van der Waals surface area (Å²) in [6.45, 7) is 0. The van der Waals surface area contributed by atoms with E-state index in [0.717, 1.165) is 5.56 Å².